The average molecular weight is 525 g/mol. The van der Waals surface area contributed by atoms with Crippen LogP contribution in [0, 0.1) is 10.8 Å². The van der Waals surface area contributed by atoms with E-state index in [4.69, 9.17) is 15.8 Å². The summed E-state index contributed by atoms with van der Waals surface area (Å²) in [6.07, 6.45) is 8.23. The quantitative estimate of drug-likeness (QED) is 0.297. The van der Waals surface area contributed by atoms with Gasteiger partial charge in [-0.05, 0) is 0 Å². The van der Waals surface area contributed by atoms with E-state index >= 15 is 0 Å². The van der Waals surface area contributed by atoms with Crippen LogP contribution in [-0.4, -0.2) is 78.0 Å². The van der Waals surface area contributed by atoms with Gasteiger partial charge in [-0.15, -0.1) is 0 Å². The average Bonchev–Trinajstić information content (AvgIpc) is 3.45. The number of hydrogen-bond donors (Lipinski definition) is 2. The zero-order chi connectivity index (χ0) is 20.5. The van der Waals surface area contributed by atoms with Gasteiger partial charge in [0.2, 0.25) is 0 Å². The Hall–Kier alpha value is -2.14. The minimum absolute atomic E-state index is 0.432. The molecule has 1 saturated carbocycles. The van der Waals surface area contributed by atoms with E-state index in [1.54, 1.807) is 16.2 Å². The summed E-state index contributed by atoms with van der Waals surface area (Å²) in [4.78, 5) is 13.3. The first-order valence-electron chi connectivity index (χ1n) is 10.2. The standard InChI is InChI=1S/C13H13N6.C7H9N2S.Sn/c14-9-19-5-4-18(8-13(19)15)10-6-12-11(17-7-10)2-1-3-16-12;1-2-4-6(3-1)7-9-8-5-10-7;/h1-2,6-7,9,14-15H,4-5,8H2;6H,1-4H2;. The molecule has 2 N–H and O–H groups in total. The summed E-state index contributed by atoms with van der Waals surface area (Å²) >= 11 is 0.723. The first-order valence-corrected chi connectivity index (χ1v) is 13.8. The zero-order valence-corrected chi connectivity index (χ0v) is 20.2. The third kappa shape index (κ3) is 4.04. The van der Waals surface area contributed by atoms with E-state index in [1.165, 1.54) is 40.1 Å². The maximum absolute atomic E-state index is 8.10. The van der Waals surface area contributed by atoms with Gasteiger partial charge in [0.25, 0.3) is 0 Å². The topological polar surface area (TPSA) is 106 Å². The molecule has 1 aliphatic heterocycles. The van der Waals surface area contributed by atoms with Crippen molar-refractivity contribution in [1.29, 1.82) is 10.8 Å². The summed E-state index contributed by atoms with van der Waals surface area (Å²) in [5, 5.41) is 25.7. The molecule has 0 aromatic carbocycles. The molecule has 1 aliphatic carbocycles. The SMILES string of the molecule is N=CN1CCN(c2cnc3cc[c]([Sn][c]4nnc(C5CCCC5)s4)nc3c2)CC1=N. The molecule has 8 nitrogen and oxygen atoms in total. The predicted octanol–water partition coefficient (Wildman–Crippen LogP) is 1.50. The fraction of sp³-hybridized carbons (Fsp3) is 0.400. The Balaban J connectivity index is 1.35. The molecule has 2 aliphatic rings. The Morgan fingerprint density at radius 2 is 2.00 bits per heavy atom. The number of nitrogens with one attached hydrogen (secondary N) is 2. The van der Waals surface area contributed by atoms with Crippen molar-refractivity contribution in [2.24, 2.45) is 0 Å². The van der Waals surface area contributed by atoms with Gasteiger partial charge in [0, 0.05) is 0 Å². The summed E-state index contributed by atoms with van der Waals surface area (Å²) in [5.74, 6) is 1.06. The molecule has 0 bridgehead atoms. The van der Waals surface area contributed by atoms with Crippen LogP contribution in [-0.2, 0) is 0 Å². The van der Waals surface area contributed by atoms with Gasteiger partial charge in [0.05, 0.1) is 0 Å². The van der Waals surface area contributed by atoms with Crippen molar-refractivity contribution in [2.45, 2.75) is 31.6 Å². The Labute approximate surface area is 189 Å². The first-order chi connectivity index (χ1) is 14.7. The molecule has 1 saturated heterocycles. The van der Waals surface area contributed by atoms with Crippen LogP contribution in [0.2, 0.25) is 0 Å². The van der Waals surface area contributed by atoms with Crippen LogP contribution >= 0.6 is 11.3 Å². The Morgan fingerprint density at radius 1 is 1.13 bits per heavy atom. The van der Waals surface area contributed by atoms with E-state index in [9.17, 15) is 0 Å². The second kappa shape index (κ2) is 8.54. The summed E-state index contributed by atoms with van der Waals surface area (Å²) in [7, 11) is 0. The number of pyridine rings is 2. The van der Waals surface area contributed by atoms with Gasteiger partial charge >= 0.3 is 190 Å². The van der Waals surface area contributed by atoms with Gasteiger partial charge in [-0.2, -0.15) is 0 Å². The van der Waals surface area contributed by atoms with Crippen LogP contribution in [0.4, 0.5) is 5.69 Å². The molecule has 30 heavy (non-hydrogen) atoms. The van der Waals surface area contributed by atoms with Crippen molar-refractivity contribution in [3.05, 3.63) is 29.4 Å². The molecule has 2 fully saturated rings. The van der Waals surface area contributed by atoms with Crippen molar-refractivity contribution in [2.75, 3.05) is 24.5 Å². The molecule has 3 aromatic rings. The Morgan fingerprint density at radius 3 is 2.80 bits per heavy atom. The first kappa shape index (κ1) is 19.8. The Kier molecular flexibility index (Phi) is 5.64. The number of hydrogen-bond acceptors (Lipinski definition) is 8. The minimum atomic E-state index is -1.08. The van der Waals surface area contributed by atoms with Gasteiger partial charge in [-0.3, -0.25) is 0 Å². The fourth-order valence-electron chi connectivity index (χ4n) is 4.05. The predicted molar refractivity (Wildman–Crippen MR) is 121 cm³/mol. The molecular formula is C20H22N8SSn. The zero-order valence-electron chi connectivity index (χ0n) is 16.5. The van der Waals surface area contributed by atoms with Crippen LogP contribution in [0.5, 0.6) is 0 Å². The molecule has 4 heterocycles. The van der Waals surface area contributed by atoms with Crippen molar-refractivity contribution in [3.63, 3.8) is 0 Å². The number of nitrogens with zero attached hydrogens (tertiary/aromatic N) is 6. The normalized spacial score (nSPS) is 17.8. The number of anilines is 1. The third-order valence-corrected chi connectivity index (χ3v) is 10.6. The molecule has 2 radical (unpaired) electrons. The molecule has 5 rings (SSSR count). The summed E-state index contributed by atoms with van der Waals surface area (Å²) in [6, 6.07) is 6.22. The molecular weight excluding hydrogens is 503 g/mol. The van der Waals surface area contributed by atoms with Crippen molar-refractivity contribution in [1.82, 2.24) is 25.1 Å². The maximum atomic E-state index is 8.10. The van der Waals surface area contributed by atoms with Crippen LogP contribution in [0.15, 0.2) is 24.4 Å². The van der Waals surface area contributed by atoms with Crippen LogP contribution < -0.4 is 11.6 Å². The van der Waals surface area contributed by atoms with Crippen LogP contribution in [0.1, 0.15) is 36.6 Å². The number of amidine groups is 1. The number of piperazine rings is 1. The van der Waals surface area contributed by atoms with E-state index in [1.807, 2.05) is 6.20 Å². The molecule has 10 heteroatoms. The van der Waals surface area contributed by atoms with Crippen molar-refractivity contribution >= 4 is 68.1 Å². The molecule has 152 valence electrons. The van der Waals surface area contributed by atoms with E-state index in [0.717, 1.165) is 27.0 Å². The summed E-state index contributed by atoms with van der Waals surface area (Å²) < 4.78 is 2.33. The van der Waals surface area contributed by atoms with Crippen LogP contribution in [0.25, 0.3) is 11.0 Å². The number of fused-ring (bicyclic) bond motifs is 1. The van der Waals surface area contributed by atoms with Crippen LogP contribution in [0.3, 0.4) is 0 Å². The number of aromatic nitrogens is 4. The van der Waals surface area contributed by atoms with E-state index in [2.05, 4.69) is 38.3 Å². The Bertz CT molecular complexity index is 1090. The van der Waals surface area contributed by atoms with Gasteiger partial charge in [-0.1, -0.05) is 0 Å². The van der Waals surface area contributed by atoms with E-state index in [0.29, 0.717) is 24.8 Å². The summed E-state index contributed by atoms with van der Waals surface area (Å²) in [6.45, 7) is 1.88. The molecule has 3 aromatic heterocycles. The number of rotatable bonds is 5. The van der Waals surface area contributed by atoms with Gasteiger partial charge < -0.3 is 0 Å². The molecule has 0 spiro atoms. The van der Waals surface area contributed by atoms with Gasteiger partial charge in [-0.25, -0.2) is 0 Å². The van der Waals surface area contributed by atoms with Crippen molar-refractivity contribution < 1.29 is 0 Å². The molecule has 0 unspecified atom stereocenters. The van der Waals surface area contributed by atoms with E-state index in [-0.39, 0.29) is 0 Å². The second-order valence-corrected chi connectivity index (χ2v) is 13.2. The molecule has 0 atom stereocenters. The van der Waals surface area contributed by atoms with Gasteiger partial charge in [0.1, 0.15) is 0 Å². The van der Waals surface area contributed by atoms with E-state index < -0.39 is 21.1 Å². The monoisotopic (exact) mass is 526 g/mol. The molecule has 0 amide bonds. The fourth-order valence-corrected chi connectivity index (χ4v) is 8.79. The third-order valence-electron chi connectivity index (χ3n) is 5.72. The second-order valence-electron chi connectivity index (χ2n) is 7.67. The van der Waals surface area contributed by atoms with Gasteiger partial charge in [0.15, 0.2) is 0 Å². The summed E-state index contributed by atoms with van der Waals surface area (Å²) in [5.41, 5.74) is 2.76. The van der Waals surface area contributed by atoms with Crippen molar-refractivity contribution in [3.8, 4) is 0 Å².